The average molecular weight is 236 g/mol. The summed E-state index contributed by atoms with van der Waals surface area (Å²) in [5, 5.41) is 11.4. The Kier molecular flexibility index (Phi) is 3.82. The highest BCUT2D eigenvalue weighted by atomic mass is 15.4. The summed E-state index contributed by atoms with van der Waals surface area (Å²) in [6.45, 7) is 9.03. The smallest absolute Gasteiger partial charge is 0.0692 e. The highest BCUT2D eigenvalue weighted by molar-refractivity contribution is 4.86. The van der Waals surface area contributed by atoms with E-state index in [2.05, 4.69) is 36.4 Å². The molecule has 2 atom stereocenters. The molecule has 4 heteroatoms. The summed E-state index contributed by atoms with van der Waals surface area (Å²) in [7, 11) is 0. The van der Waals surface area contributed by atoms with Crippen molar-refractivity contribution in [3.8, 4) is 0 Å². The van der Waals surface area contributed by atoms with E-state index in [4.69, 9.17) is 0 Å². The van der Waals surface area contributed by atoms with E-state index >= 15 is 0 Å². The van der Waals surface area contributed by atoms with Gasteiger partial charge in [0, 0.05) is 18.8 Å². The van der Waals surface area contributed by atoms with Crippen LogP contribution in [0.15, 0.2) is 12.4 Å². The maximum atomic E-state index is 3.97. The first-order valence-electron chi connectivity index (χ1n) is 6.64. The molecule has 1 aliphatic rings. The molecule has 1 fully saturated rings. The van der Waals surface area contributed by atoms with Crippen molar-refractivity contribution in [3.63, 3.8) is 0 Å². The van der Waals surface area contributed by atoms with Gasteiger partial charge in [-0.25, -0.2) is 0 Å². The fourth-order valence-electron chi connectivity index (χ4n) is 2.97. The van der Waals surface area contributed by atoms with Crippen LogP contribution >= 0.6 is 0 Å². The molecule has 1 saturated carbocycles. The molecule has 1 aromatic rings. The second-order valence-corrected chi connectivity index (χ2v) is 6.11. The molecule has 4 nitrogen and oxygen atoms in total. The van der Waals surface area contributed by atoms with Crippen LogP contribution in [0, 0.1) is 11.3 Å². The molecule has 0 aromatic carbocycles. The second-order valence-electron chi connectivity index (χ2n) is 6.11. The second kappa shape index (κ2) is 5.17. The molecule has 0 amide bonds. The molecule has 96 valence electrons. The Morgan fingerprint density at radius 3 is 2.94 bits per heavy atom. The molecule has 0 spiro atoms. The summed E-state index contributed by atoms with van der Waals surface area (Å²) in [6, 6.07) is 0.673. The molecule has 2 rings (SSSR count). The first-order valence-corrected chi connectivity index (χ1v) is 6.64. The monoisotopic (exact) mass is 236 g/mol. The topological polar surface area (TPSA) is 42.7 Å². The van der Waals surface area contributed by atoms with E-state index in [1.165, 1.54) is 19.3 Å². The third-order valence-corrected chi connectivity index (χ3v) is 3.91. The molecule has 1 N–H and O–H groups in total. The third kappa shape index (κ3) is 3.53. The van der Waals surface area contributed by atoms with E-state index in [0.717, 1.165) is 19.0 Å². The molecule has 0 bridgehead atoms. The van der Waals surface area contributed by atoms with Crippen LogP contribution in [0.5, 0.6) is 0 Å². The van der Waals surface area contributed by atoms with Crippen molar-refractivity contribution in [1.82, 2.24) is 20.3 Å². The molecule has 17 heavy (non-hydrogen) atoms. The summed E-state index contributed by atoms with van der Waals surface area (Å²) in [5.74, 6) is 0.773. The Labute approximate surface area is 104 Å². The Bertz CT molecular complexity index is 331. The third-order valence-electron chi connectivity index (χ3n) is 3.91. The first-order chi connectivity index (χ1) is 8.07. The zero-order valence-electron chi connectivity index (χ0n) is 11.2. The van der Waals surface area contributed by atoms with Crippen molar-refractivity contribution in [2.45, 2.75) is 52.6 Å². The van der Waals surface area contributed by atoms with Crippen molar-refractivity contribution < 1.29 is 0 Å². The lowest BCUT2D eigenvalue weighted by Gasteiger charge is -2.39. The van der Waals surface area contributed by atoms with Gasteiger partial charge in [0.15, 0.2) is 0 Å². The minimum absolute atomic E-state index is 0.531. The van der Waals surface area contributed by atoms with E-state index in [1.54, 1.807) is 6.20 Å². The van der Waals surface area contributed by atoms with E-state index in [1.807, 2.05) is 10.9 Å². The summed E-state index contributed by atoms with van der Waals surface area (Å²) >= 11 is 0. The van der Waals surface area contributed by atoms with Gasteiger partial charge >= 0.3 is 0 Å². The highest BCUT2D eigenvalue weighted by Gasteiger charge is 2.31. The molecule has 1 aromatic heterocycles. The lowest BCUT2D eigenvalue weighted by atomic mass is 9.70. The van der Waals surface area contributed by atoms with Crippen LogP contribution in [0.25, 0.3) is 0 Å². The van der Waals surface area contributed by atoms with Crippen LogP contribution in [-0.2, 0) is 6.54 Å². The summed E-state index contributed by atoms with van der Waals surface area (Å²) in [6.07, 6.45) is 7.60. The van der Waals surface area contributed by atoms with E-state index in [-0.39, 0.29) is 0 Å². The first kappa shape index (κ1) is 12.6. The number of hydrogen-bond donors (Lipinski definition) is 1. The average Bonchev–Trinajstić information content (AvgIpc) is 2.73. The maximum Gasteiger partial charge on any atom is 0.0692 e. The van der Waals surface area contributed by atoms with Crippen LogP contribution in [-0.4, -0.2) is 27.6 Å². The van der Waals surface area contributed by atoms with Gasteiger partial charge in [-0.05, 0) is 30.6 Å². The fraction of sp³-hybridized carbons (Fsp3) is 0.846. The van der Waals surface area contributed by atoms with E-state index in [9.17, 15) is 0 Å². The van der Waals surface area contributed by atoms with Crippen molar-refractivity contribution in [3.05, 3.63) is 12.4 Å². The maximum absolute atomic E-state index is 3.97. The quantitative estimate of drug-likeness (QED) is 0.870. The van der Waals surface area contributed by atoms with Gasteiger partial charge in [-0.3, -0.25) is 4.68 Å². The van der Waals surface area contributed by atoms with Gasteiger partial charge in [-0.15, -0.1) is 5.10 Å². The number of nitrogens with zero attached hydrogens (tertiary/aromatic N) is 3. The predicted octanol–water partition coefficient (Wildman–Crippen LogP) is 2.08. The molecule has 2 unspecified atom stereocenters. The molecular weight excluding hydrogens is 212 g/mol. The molecule has 0 saturated heterocycles. The Morgan fingerprint density at radius 1 is 1.47 bits per heavy atom. The Hall–Kier alpha value is -0.900. The molecule has 0 radical (unpaired) electrons. The van der Waals surface area contributed by atoms with Crippen molar-refractivity contribution in [2.24, 2.45) is 11.3 Å². The lowest BCUT2D eigenvalue weighted by molar-refractivity contribution is 0.148. The lowest BCUT2D eigenvalue weighted by Crippen LogP contribution is -2.42. The van der Waals surface area contributed by atoms with Crippen molar-refractivity contribution >= 4 is 0 Å². The van der Waals surface area contributed by atoms with Crippen molar-refractivity contribution in [2.75, 3.05) is 6.54 Å². The number of hydrogen-bond acceptors (Lipinski definition) is 3. The number of nitrogens with one attached hydrogen (secondary N) is 1. The molecule has 1 heterocycles. The van der Waals surface area contributed by atoms with Crippen LogP contribution < -0.4 is 5.32 Å². The molecule has 1 aliphatic carbocycles. The van der Waals surface area contributed by atoms with E-state index < -0.39 is 0 Å². The van der Waals surface area contributed by atoms with Gasteiger partial charge in [0.25, 0.3) is 0 Å². The predicted molar refractivity (Wildman–Crippen MR) is 68.6 cm³/mol. The minimum Gasteiger partial charge on any atom is -0.312 e. The minimum atomic E-state index is 0.531. The van der Waals surface area contributed by atoms with Gasteiger partial charge in [0.1, 0.15) is 0 Å². The SMILES string of the molecule is CC1CC(C)(C)CCC1NCCn1ccnn1. The molecule has 0 aliphatic heterocycles. The number of aromatic nitrogens is 3. The Morgan fingerprint density at radius 2 is 2.29 bits per heavy atom. The van der Waals surface area contributed by atoms with Gasteiger partial charge in [-0.2, -0.15) is 0 Å². The van der Waals surface area contributed by atoms with Crippen LogP contribution in [0.1, 0.15) is 40.0 Å². The largest absolute Gasteiger partial charge is 0.312 e. The normalized spacial score (nSPS) is 28.2. The zero-order valence-corrected chi connectivity index (χ0v) is 11.2. The van der Waals surface area contributed by atoms with Gasteiger partial charge in [0.2, 0.25) is 0 Å². The van der Waals surface area contributed by atoms with Gasteiger partial charge in [-0.1, -0.05) is 26.0 Å². The van der Waals surface area contributed by atoms with Gasteiger partial charge < -0.3 is 5.32 Å². The summed E-state index contributed by atoms with van der Waals surface area (Å²) < 4.78 is 1.88. The highest BCUT2D eigenvalue weighted by Crippen LogP contribution is 2.38. The van der Waals surface area contributed by atoms with Crippen LogP contribution in [0.4, 0.5) is 0 Å². The van der Waals surface area contributed by atoms with Crippen molar-refractivity contribution in [1.29, 1.82) is 0 Å². The molecular formula is C13H24N4. The summed E-state index contributed by atoms with van der Waals surface area (Å²) in [5.41, 5.74) is 0.531. The van der Waals surface area contributed by atoms with E-state index in [0.29, 0.717) is 11.5 Å². The summed E-state index contributed by atoms with van der Waals surface area (Å²) in [4.78, 5) is 0. The van der Waals surface area contributed by atoms with Gasteiger partial charge in [0.05, 0.1) is 12.7 Å². The number of rotatable bonds is 4. The standard InChI is InChI=1S/C13H24N4/c1-11-10-13(2,3)5-4-12(11)14-6-8-17-9-7-15-16-17/h7,9,11-12,14H,4-6,8,10H2,1-3H3. The van der Waals surface area contributed by atoms with Crippen LogP contribution in [0.2, 0.25) is 0 Å². The van der Waals surface area contributed by atoms with Crippen LogP contribution in [0.3, 0.4) is 0 Å². The zero-order chi connectivity index (χ0) is 12.3. The fourth-order valence-corrected chi connectivity index (χ4v) is 2.97. The Balaban J connectivity index is 1.73.